The molecular formula is C70H30F24N4. The molecule has 12 aromatic rings. The summed E-state index contributed by atoms with van der Waals surface area (Å²) in [5, 5.41) is 21.2. The molecule has 0 atom stereocenters. The Kier molecular flexibility index (Phi) is 15.7. The molecule has 0 saturated carbocycles. The van der Waals surface area contributed by atoms with Crippen LogP contribution in [0.3, 0.4) is 0 Å². The van der Waals surface area contributed by atoms with Gasteiger partial charge in [-0.15, -0.1) is 0 Å². The fourth-order valence-corrected chi connectivity index (χ4v) is 12.2. The van der Waals surface area contributed by atoms with Crippen LogP contribution in [0.25, 0.3) is 111 Å². The standard InChI is InChI=1S/C70H30F24N4/c71-63(72,73)39-10-18-43(54(28-39)68(86,87)88)35-7-15-48-47-14-6-34(42-3-1-2-4-52(42)66(80,81)82)22-57(47)97(58(48)23-35)61-26-38(46-13-5-33(31-95)21-53(46)67(83,84)85)27-62(51(61)32-96)98-59-24-36(44-19-11-40(64(74,75)76)29-55(44)69(89,90)91)8-16-49(59)50-17-9-37(25-60(50)98)45-20-12-41(65(77,78)79)30-56(45)70(92,93)94/h1-30H. The molecule has 0 unspecified atom stereocenters. The molecule has 0 aliphatic heterocycles. The predicted molar refractivity (Wildman–Crippen MR) is 312 cm³/mol. The lowest BCUT2D eigenvalue weighted by Gasteiger charge is -2.21. The molecule has 4 nitrogen and oxygen atoms in total. The van der Waals surface area contributed by atoms with E-state index >= 15 is 52.7 Å². The SMILES string of the molecule is N#Cc1ccc(-c2cc(-n3c4cc(-c5ccccc5C(F)(F)F)ccc4c4ccc(-c5ccc(C(F)(F)F)cc5C(F)(F)F)cc43)c(C#N)c(-n3c4cc(-c5ccc(C(F)(F)F)cc5C(F)(F)F)ccc4c4ccc(-c5ccc(C(F)(F)F)cc5C(F)(F)F)cc43)c2)c(C(F)(F)F)c1. The van der Waals surface area contributed by atoms with E-state index in [1.165, 1.54) is 12.1 Å². The minimum absolute atomic E-state index is 0.0615. The number of halogens is 24. The van der Waals surface area contributed by atoms with Crippen molar-refractivity contribution < 1.29 is 105 Å². The normalized spacial score (nSPS) is 13.1. The highest BCUT2D eigenvalue weighted by atomic mass is 19.4. The van der Waals surface area contributed by atoms with E-state index in [1.807, 2.05) is 6.07 Å². The molecule has 2 aromatic heterocycles. The van der Waals surface area contributed by atoms with E-state index < -0.39 is 183 Å². The molecule has 0 aliphatic rings. The van der Waals surface area contributed by atoms with E-state index in [2.05, 4.69) is 0 Å². The molecule has 28 heteroatoms. The van der Waals surface area contributed by atoms with Gasteiger partial charge in [0.15, 0.2) is 0 Å². The van der Waals surface area contributed by atoms with Crippen molar-refractivity contribution in [1.29, 1.82) is 10.5 Å². The first-order valence-corrected chi connectivity index (χ1v) is 28.0. The second kappa shape index (κ2) is 22.9. The summed E-state index contributed by atoms with van der Waals surface area (Å²) in [7, 11) is 0. The molecule has 0 N–H and O–H groups in total. The number of nitrogens with zero attached hydrogens (tertiary/aromatic N) is 4. The largest absolute Gasteiger partial charge is 0.417 e. The molecule has 0 fully saturated rings. The summed E-state index contributed by atoms with van der Waals surface area (Å²) in [6, 6.07) is 24.9. The lowest BCUT2D eigenvalue weighted by atomic mass is 9.94. The van der Waals surface area contributed by atoms with E-state index in [4.69, 9.17) is 0 Å². The number of benzene rings is 10. The summed E-state index contributed by atoms with van der Waals surface area (Å²) in [6.07, 6.45) is -43.4. The maximum atomic E-state index is 15.7. The molecule has 0 bridgehead atoms. The van der Waals surface area contributed by atoms with Crippen LogP contribution in [0.5, 0.6) is 0 Å². The van der Waals surface area contributed by atoms with Crippen LogP contribution in [-0.2, 0) is 49.4 Å². The first kappa shape index (κ1) is 67.1. The molecule has 0 saturated heterocycles. The maximum Gasteiger partial charge on any atom is 0.417 e. The Bertz CT molecular complexity index is 5230. The second-order valence-electron chi connectivity index (χ2n) is 22.3. The van der Waals surface area contributed by atoms with Gasteiger partial charge in [0, 0.05) is 21.5 Å². The van der Waals surface area contributed by atoms with Gasteiger partial charge in [0.2, 0.25) is 0 Å². The third-order valence-corrected chi connectivity index (χ3v) is 16.4. The van der Waals surface area contributed by atoms with Gasteiger partial charge >= 0.3 is 49.4 Å². The van der Waals surface area contributed by atoms with Crippen LogP contribution >= 0.6 is 0 Å². The van der Waals surface area contributed by atoms with Crippen molar-refractivity contribution in [3.05, 3.63) is 238 Å². The highest BCUT2D eigenvalue weighted by molar-refractivity contribution is 6.13. The van der Waals surface area contributed by atoms with Crippen molar-refractivity contribution in [2.75, 3.05) is 0 Å². The van der Waals surface area contributed by atoms with Gasteiger partial charge in [-0.3, -0.25) is 0 Å². The average Bonchev–Trinajstić information content (AvgIpc) is 1.55. The molecule has 10 aromatic carbocycles. The Morgan fingerprint density at radius 2 is 0.531 bits per heavy atom. The fraction of sp³-hybridized carbons (Fsp3) is 0.114. The highest BCUT2D eigenvalue weighted by Crippen LogP contribution is 2.51. The van der Waals surface area contributed by atoms with E-state index in [1.54, 1.807) is 6.07 Å². The molecule has 0 radical (unpaired) electrons. The Balaban J connectivity index is 1.29. The number of nitriles is 2. The molecule has 12 rings (SSSR count). The number of fused-ring (bicyclic) bond motifs is 6. The second-order valence-corrected chi connectivity index (χ2v) is 22.3. The summed E-state index contributed by atoms with van der Waals surface area (Å²) in [4.78, 5) is 0. The number of rotatable bonds is 7. The van der Waals surface area contributed by atoms with Crippen LogP contribution in [0.1, 0.15) is 55.6 Å². The monoisotopic (exact) mass is 1380 g/mol. The van der Waals surface area contributed by atoms with Gasteiger partial charge in [0.05, 0.1) is 89.6 Å². The third-order valence-electron chi connectivity index (χ3n) is 16.4. The number of aromatic nitrogens is 2. The summed E-state index contributed by atoms with van der Waals surface area (Å²) < 4.78 is 356. The van der Waals surface area contributed by atoms with Gasteiger partial charge in [-0.25, -0.2) is 0 Å². The average molecular weight is 1380 g/mol. The lowest BCUT2D eigenvalue weighted by Crippen LogP contribution is -2.12. The topological polar surface area (TPSA) is 57.4 Å². The van der Waals surface area contributed by atoms with E-state index in [0.717, 1.165) is 112 Å². The molecule has 0 spiro atoms. The van der Waals surface area contributed by atoms with Crippen molar-refractivity contribution in [3.63, 3.8) is 0 Å². The number of hydrogen-bond acceptors (Lipinski definition) is 2. The zero-order chi connectivity index (χ0) is 71.1. The summed E-state index contributed by atoms with van der Waals surface area (Å²) in [5.41, 5.74) is -25.5. The van der Waals surface area contributed by atoms with E-state index in [-0.39, 0.29) is 63.0 Å². The van der Waals surface area contributed by atoms with Crippen molar-refractivity contribution >= 4 is 43.6 Å². The Morgan fingerprint density at radius 3 is 0.827 bits per heavy atom. The minimum Gasteiger partial charge on any atom is -0.308 e. The molecule has 98 heavy (non-hydrogen) atoms. The van der Waals surface area contributed by atoms with Crippen molar-refractivity contribution in [1.82, 2.24) is 9.13 Å². The van der Waals surface area contributed by atoms with Gasteiger partial charge < -0.3 is 9.13 Å². The number of hydrogen-bond donors (Lipinski definition) is 0. The molecule has 498 valence electrons. The van der Waals surface area contributed by atoms with Gasteiger partial charge in [0.25, 0.3) is 0 Å². The summed E-state index contributed by atoms with van der Waals surface area (Å²) in [5.74, 6) is 0. The van der Waals surface area contributed by atoms with Crippen LogP contribution in [0, 0.1) is 22.7 Å². The van der Waals surface area contributed by atoms with Gasteiger partial charge in [0.1, 0.15) is 11.6 Å². The van der Waals surface area contributed by atoms with Crippen molar-refractivity contribution in [2.24, 2.45) is 0 Å². The Morgan fingerprint density at radius 1 is 0.245 bits per heavy atom. The van der Waals surface area contributed by atoms with Crippen molar-refractivity contribution in [2.45, 2.75) is 49.4 Å². The van der Waals surface area contributed by atoms with Crippen LogP contribution in [-0.4, -0.2) is 9.13 Å². The molecule has 0 aliphatic carbocycles. The molecule has 2 heterocycles. The van der Waals surface area contributed by atoms with Gasteiger partial charge in [-0.2, -0.15) is 116 Å². The smallest absolute Gasteiger partial charge is 0.308 e. The zero-order valence-corrected chi connectivity index (χ0v) is 48.2. The predicted octanol–water partition coefficient (Wildman–Crippen LogP) is 24.1. The van der Waals surface area contributed by atoms with Crippen LogP contribution in [0.4, 0.5) is 105 Å². The lowest BCUT2D eigenvalue weighted by molar-refractivity contribution is -0.144. The maximum absolute atomic E-state index is 15.7. The first-order chi connectivity index (χ1) is 45.6. The number of alkyl halides is 24. The van der Waals surface area contributed by atoms with E-state index in [9.17, 15) is 63.2 Å². The highest BCUT2D eigenvalue weighted by Gasteiger charge is 2.43. The third kappa shape index (κ3) is 12.0. The van der Waals surface area contributed by atoms with Crippen LogP contribution < -0.4 is 0 Å². The van der Waals surface area contributed by atoms with Gasteiger partial charge in [-0.05, 0) is 147 Å². The zero-order valence-electron chi connectivity index (χ0n) is 48.2. The van der Waals surface area contributed by atoms with E-state index in [0.29, 0.717) is 36.4 Å². The fourth-order valence-electron chi connectivity index (χ4n) is 12.2. The Hall–Kier alpha value is -10.9. The first-order valence-electron chi connectivity index (χ1n) is 28.0. The Labute approximate surface area is 533 Å². The van der Waals surface area contributed by atoms with Crippen LogP contribution in [0.2, 0.25) is 0 Å². The minimum atomic E-state index is -5.59. The molecule has 0 amide bonds. The summed E-state index contributed by atoms with van der Waals surface area (Å²) in [6.45, 7) is 0. The van der Waals surface area contributed by atoms with Crippen molar-refractivity contribution in [3.8, 4) is 79.1 Å². The quantitative estimate of drug-likeness (QED) is 0.149. The molecular weight excluding hydrogens is 1350 g/mol. The summed E-state index contributed by atoms with van der Waals surface area (Å²) >= 11 is 0. The van der Waals surface area contributed by atoms with Crippen LogP contribution in [0.15, 0.2) is 182 Å². The van der Waals surface area contributed by atoms with Gasteiger partial charge in [-0.1, -0.05) is 91.0 Å².